The standard InChI is InChI=1S/C20H22N6/c1-2-15-12-19(26-20(23-15)21-13-22-26)25-10-6-5-9-18(25)17-11-14-7-3-4-8-16(14)24-17/h3-4,7-8,11-13,18,24H,2,5-6,9-10H2,1H3. The summed E-state index contributed by atoms with van der Waals surface area (Å²) in [5.74, 6) is 1.77. The second kappa shape index (κ2) is 6.12. The summed E-state index contributed by atoms with van der Waals surface area (Å²) in [6.07, 6.45) is 6.04. The number of nitrogens with zero attached hydrogens (tertiary/aromatic N) is 5. The first-order valence-electron chi connectivity index (χ1n) is 9.37. The van der Waals surface area contributed by atoms with E-state index >= 15 is 0 Å². The van der Waals surface area contributed by atoms with Gasteiger partial charge in [-0.2, -0.15) is 14.6 Å². The van der Waals surface area contributed by atoms with E-state index in [0.29, 0.717) is 11.8 Å². The van der Waals surface area contributed by atoms with Gasteiger partial charge >= 0.3 is 0 Å². The number of rotatable bonds is 3. The zero-order chi connectivity index (χ0) is 17.5. The molecular weight excluding hydrogens is 324 g/mol. The molecule has 3 aromatic heterocycles. The monoisotopic (exact) mass is 346 g/mol. The largest absolute Gasteiger partial charge is 0.357 e. The molecule has 4 aromatic rings. The van der Waals surface area contributed by atoms with Crippen LogP contribution in [0.15, 0.2) is 42.7 Å². The van der Waals surface area contributed by atoms with Crippen LogP contribution < -0.4 is 4.90 Å². The lowest BCUT2D eigenvalue weighted by Crippen LogP contribution is -2.35. The Morgan fingerprint density at radius 3 is 3.00 bits per heavy atom. The highest BCUT2D eigenvalue weighted by molar-refractivity contribution is 5.80. The van der Waals surface area contributed by atoms with Gasteiger partial charge in [0.15, 0.2) is 0 Å². The second-order valence-electron chi connectivity index (χ2n) is 6.95. The molecule has 0 aliphatic carbocycles. The summed E-state index contributed by atoms with van der Waals surface area (Å²) in [6.45, 7) is 3.15. The van der Waals surface area contributed by atoms with Crippen LogP contribution in [0, 0.1) is 0 Å². The Morgan fingerprint density at radius 2 is 2.12 bits per heavy atom. The molecule has 1 N–H and O–H groups in total. The van der Waals surface area contributed by atoms with Gasteiger partial charge in [-0.1, -0.05) is 25.1 Å². The first kappa shape index (κ1) is 15.4. The van der Waals surface area contributed by atoms with Gasteiger partial charge in [0.25, 0.3) is 5.78 Å². The van der Waals surface area contributed by atoms with E-state index in [4.69, 9.17) is 0 Å². The van der Waals surface area contributed by atoms with E-state index in [0.717, 1.165) is 30.9 Å². The van der Waals surface area contributed by atoms with Gasteiger partial charge in [-0.25, -0.2) is 4.98 Å². The molecule has 1 fully saturated rings. The number of aromatic nitrogens is 5. The molecule has 26 heavy (non-hydrogen) atoms. The Balaban J connectivity index is 1.63. The molecule has 6 heteroatoms. The minimum Gasteiger partial charge on any atom is -0.357 e. The Labute approximate surface area is 151 Å². The quantitative estimate of drug-likeness (QED) is 0.611. The average Bonchev–Trinajstić information content (AvgIpc) is 3.33. The van der Waals surface area contributed by atoms with Crippen molar-refractivity contribution in [3.05, 3.63) is 54.1 Å². The molecule has 1 unspecified atom stereocenters. The van der Waals surface area contributed by atoms with E-state index in [2.05, 4.69) is 68.3 Å². The van der Waals surface area contributed by atoms with Crippen molar-refractivity contribution < 1.29 is 0 Å². The maximum atomic E-state index is 4.60. The van der Waals surface area contributed by atoms with Crippen LogP contribution >= 0.6 is 0 Å². The van der Waals surface area contributed by atoms with Gasteiger partial charge < -0.3 is 9.88 Å². The van der Waals surface area contributed by atoms with Crippen LogP contribution in [-0.4, -0.2) is 31.1 Å². The number of para-hydroxylation sites is 1. The Kier molecular flexibility index (Phi) is 3.62. The lowest BCUT2D eigenvalue weighted by molar-refractivity contribution is 0.460. The third-order valence-electron chi connectivity index (χ3n) is 5.36. The maximum Gasteiger partial charge on any atom is 0.254 e. The third-order valence-corrected chi connectivity index (χ3v) is 5.36. The summed E-state index contributed by atoms with van der Waals surface area (Å²) in [4.78, 5) is 15.0. The molecule has 0 amide bonds. The number of fused-ring (bicyclic) bond motifs is 2. The fraction of sp³-hybridized carbons (Fsp3) is 0.350. The van der Waals surface area contributed by atoms with Crippen molar-refractivity contribution in [3.63, 3.8) is 0 Å². The molecule has 0 saturated carbocycles. The predicted molar refractivity (Wildman–Crippen MR) is 102 cm³/mol. The van der Waals surface area contributed by atoms with Crippen LogP contribution in [-0.2, 0) is 6.42 Å². The average molecular weight is 346 g/mol. The molecule has 0 bridgehead atoms. The van der Waals surface area contributed by atoms with Gasteiger partial charge in [0, 0.05) is 29.5 Å². The van der Waals surface area contributed by atoms with E-state index < -0.39 is 0 Å². The zero-order valence-corrected chi connectivity index (χ0v) is 14.9. The molecule has 4 heterocycles. The molecule has 6 nitrogen and oxygen atoms in total. The number of aromatic amines is 1. The van der Waals surface area contributed by atoms with Gasteiger partial charge in [0.1, 0.15) is 12.1 Å². The van der Waals surface area contributed by atoms with Crippen molar-refractivity contribution in [1.82, 2.24) is 24.6 Å². The fourth-order valence-electron chi connectivity index (χ4n) is 4.03. The van der Waals surface area contributed by atoms with Crippen molar-refractivity contribution in [3.8, 4) is 0 Å². The first-order chi connectivity index (χ1) is 12.8. The van der Waals surface area contributed by atoms with Crippen molar-refractivity contribution in [1.29, 1.82) is 0 Å². The first-order valence-corrected chi connectivity index (χ1v) is 9.37. The van der Waals surface area contributed by atoms with Crippen molar-refractivity contribution in [2.45, 2.75) is 38.6 Å². The summed E-state index contributed by atoms with van der Waals surface area (Å²) in [6, 6.07) is 13.3. The molecule has 5 rings (SSSR count). The van der Waals surface area contributed by atoms with Crippen LogP contribution in [0.5, 0.6) is 0 Å². The zero-order valence-electron chi connectivity index (χ0n) is 14.9. The number of hydrogen-bond acceptors (Lipinski definition) is 4. The molecular formula is C20H22N6. The van der Waals surface area contributed by atoms with Gasteiger partial charge in [0.05, 0.1) is 6.04 Å². The lowest BCUT2D eigenvalue weighted by atomic mass is 9.99. The van der Waals surface area contributed by atoms with Gasteiger partial charge in [-0.15, -0.1) is 0 Å². The number of benzene rings is 1. The summed E-state index contributed by atoms with van der Waals surface area (Å²) in [5.41, 5.74) is 3.53. The van der Waals surface area contributed by atoms with E-state index in [-0.39, 0.29) is 0 Å². The highest BCUT2D eigenvalue weighted by atomic mass is 15.4. The lowest BCUT2D eigenvalue weighted by Gasteiger charge is -2.37. The number of aryl methyl sites for hydroxylation is 1. The molecule has 1 aliphatic heterocycles. The number of nitrogens with one attached hydrogen (secondary N) is 1. The number of H-pyrrole nitrogens is 1. The summed E-state index contributed by atoms with van der Waals surface area (Å²) in [5, 5.41) is 5.70. The smallest absolute Gasteiger partial charge is 0.254 e. The SMILES string of the molecule is CCc1cc(N2CCCCC2c2cc3ccccc3[nH]2)n2ncnc2n1. The molecule has 0 radical (unpaired) electrons. The van der Waals surface area contributed by atoms with E-state index in [1.807, 2.05) is 4.52 Å². The highest BCUT2D eigenvalue weighted by Gasteiger charge is 2.28. The summed E-state index contributed by atoms with van der Waals surface area (Å²) in [7, 11) is 0. The second-order valence-corrected chi connectivity index (χ2v) is 6.95. The number of piperidine rings is 1. The van der Waals surface area contributed by atoms with E-state index in [1.165, 1.54) is 29.4 Å². The molecule has 132 valence electrons. The number of anilines is 1. The summed E-state index contributed by atoms with van der Waals surface area (Å²) >= 11 is 0. The van der Waals surface area contributed by atoms with Gasteiger partial charge in [-0.05, 0) is 43.2 Å². The Hall–Kier alpha value is -2.89. The molecule has 1 aliphatic rings. The molecule has 0 spiro atoms. The molecule has 1 saturated heterocycles. The van der Waals surface area contributed by atoms with Crippen molar-refractivity contribution in [2.75, 3.05) is 11.4 Å². The minimum atomic E-state index is 0.315. The third kappa shape index (κ3) is 2.44. The van der Waals surface area contributed by atoms with Crippen LogP contribution in [0.4, 0.5) is 5.82 Å². The Bertz CT molecular complexity index is 1030. The predicted octanol–water partition coefficient (Wildman–Crippen LogP) is 3.90. The van der Waals surface area contributed by atoms with Crippen LogP contribution in [0.2, 0.25) is 0 Å². The van der Waals surface area contributed by atoms with E-state index in [9.17, 15) is 0 Å². The van der Waals surface area contributed by atoms with Crippen molar-refractivity contribution >= 4 is 22.5 Å². The normalized spacial score (nSPS) is 18.0. The van der Waals surface area contributed by atoms with Crippen LogP contribution in [0.1, 0.15) is 43.6 Å². The Morgan fingerprint density at radius 1 is 1.19 bits per heavy atom. The van der Waals surface area contributed by atoms with Crippen molar-refractivity contribution in [2.24, 2.45) is 0 Å². The van der Waals surface area contributed by atoms with Crippen LogP contribution in [0.25, 0.3) is 16.7 Å². The molecule has 1 atom stereocenters. The fourth-order valence-corrected chi connectivity index (χ4v) is 4.03. The minimum absolute atomic E-state index is 0.315. The molecule has 1 aromatic carbocycles. The highest BCUT2D eigenvalue weighted by Crippen LogP contribution is 2.36. The van der Waals surface area contributed by atoms with Crippen LogP contribution in [0.3, 0.4) is 0 Å². The van der Waals surface area contributed by atoms with E-state index in [1.54, 1.807) is 6.33 Å². The van der Waals surface area contributed by atoms with Gasteiger partial charge in [-0.3, -0.25) is 0 Å². The van der Waals surface area contributed by atoms with Gasteiger partial charge in [0.2, 0.25) is 0 Å². The summed E-state index contributed by atoms with van der Waals surface area (Å²) < 4.78 is 1.88. The topological polar surface area (TPSA) is 62.1 Å². The number of hydrogen-bond donors (Lipinski definition) is 1. The maximum absolute atomic E-state index is 4.60.